The van der Waals surface area contributed by atoms with Gasteiger partial charge in [-0.1, -0.05) is 64.7 Å². The summed E-state index contributed by atoms with van der Waals surface area (Å²) in [5.74, 6) is 0.134. The summed E-state index contributed by atoms with van der Waals surface area (Å²) in [4.78, 5) is 35.1. The molecule has 0 N–H and O–H groups in total. The van der Waals surface area contributed by atoms with E-state index in [-0.39, 0.29) is 18.9 Å². The van der Waals surface area contributed by atoms with Crippen LogP contribution in [0, 0.1) is 11.8 Å². The highest BCUT2D eigenvalue weighted by atomic mass is 16.5. The topological polar surface area (TPSA) is 60.4 Å². The van der Waals surface area contributed by atoms with Crippen molar-refractivity contribution in [3.05, 3.63) is 0 Å². The van der Waals surface area contributed by atoms with Crippen LogP contribution >= 0.6 is 0 Å². The minimum atomic E-state index is -0.710. The van der Waals surface area contributed by atoms with Gasteiger partial charge in [0, 0.05) is 18.8 Å². The number of Topliss-reactive ketones (excluding diaryl/α,β-unsaturated/α-hetero) is 2. The third kappa shape index (κ3) is 10.1. The Morgan fingerprint density at radius 2 is 1.52 bits per heavy atom. The molecule has 0 radical (unpaired) electrons. The predicted molar refractivity (Wildman–Crippen MR) is 109 cm³/mol. The molecule has 0 aliphatic heterocycles. The van der Waals surface area contributed by atoms with Gasteiger partial charge in [0.05, 0.1) is 6.61 Å². The predicted octanol–water partition coefficient (Wildman–Crippen LogP) is 5.81. The monoisotopic (exact) mass is 380 g/mol. The van der Waals surface area contributed by atoms with Crippen LogP contribution in [-0.2, 0) is 19.1 Å². The van der Waals surface area contributed by atoms with Crippen molar-refractivity contribution in [2.75, 3.05) is 6.61 Å². The van der Waals surface area contributed by atoms with Gasteiger partial charge in [0.2, 0.25) is 5.78 Å². The van der Waals surface area contributed by atoms with Crippen LogP contribution < -0.4 is 0 Å². The van der Waals surface area contributed by atoms with E-state index in [1.165, 1.54) is 51.4 Å². The normalized spacial score (nSPS) is 19.4. The molecule has 0 heterocycles. The van der Waals surface area contributed by atoms with Crippen LogP contribution in [0.4, 0.5) is 0 Å². The van der Waals surface area contributed by atoms with E-state index in [0.717, 1.165) is 32.1 Å². The summed E-state index contributed by atoms with van der Waals surface area (Å²) in [7, 11) is 0. The SMILES string of the molecule is CCCCCCCCC[C@H]1CCC(=O)[C@@H]1CCCCCC(=O)C(=O)OCC. The minimum Gasteiger partial charge on any atom is -0.460 e. The smallest absolute Gasteiger partial charge is 0.374 e. The maximum atomic E-state index is 12.2. The Balaban J connectivity index is 2.14. The molecule has 1 aliphatic rings. The fourth-order valence-corrected chi connectivity index (χ4v) is 4.22. The molecular weight excluding hydrogens is 340 g/mol. The second-order valence-electron chi connectivity index (χ2n) is 8.02. The summed E-state index contributed by atoms with van der Waals surface area (Å²) in [5, 5.41) is 0. The van der Waals surface area contributed by atoms with Crippen LogP contribution in [0.15, 0.2) is 0 Å². The zero-order valence-electron chi connectivity index (χ0n) is 17.6. The summed E-state index contributed by atoms with van der Waals surface area (Å²) in [6.07, 6.45) is 16.1. The molecule has 1 saturated carbocycles. The lowest BCUT2D eigenvalue weighted by atomic mass is 9.86. The zero-order valence-corrected chi connectivity index (χ0v) is 17.6. The average Bonchev–Trinajstić information content (AvgIpc) is 3.00. The molecule has 0 aromatic heterocycles. The number of hydrogen-bond acceptors (Lipinski definition) is 4. The maximum absolute atomic E-state index is 12.2. The summed E-state index contributed by atoms with van der Waals surface area (Å²) in [6, 6.07) is 0. The van der Waals surface area contributed by atoms with E-state index >= 15 is 0 Å². The molecule has 1 rings (SSSR count). The second kappa shape index (κ2) is 14.8. The summed E-state index contributed by atoms with van der Waals surface area (Å²) in [6.45, 7) is 4.19. The molecule has 27 heavy (non-hydrogen) atoms. The molecule has 2 atom stereocenters. The van der Waals surface area contributed by atoms with Gasteiger partial charge in [-0.15, -0.1) is 0 Å². The molecular formula is C23H40O4. The molecule has 0 bridgehead atoms. The van der Waals surface area contributed by atoms with Crippen LogP contribution in [0.25, 0.3) is 0 Å². The van der Waals surface area contributed by atoms with E-state index in [1.54, 1.807) is 6.92 Å². The molecule has 156 valence electrons. The van der Waals surface area contributed by atoms with Crippen molar-refractivity contribution in [1.29, 1.82) is 0 Å². The molecule has 4 heteroatoms. The lowest BCUT2D eigenvalue weighted by Crippen LogP contribution is -2.17. The Bertz CT molecular complexity index is 444. The van der Waals surface area contributed by atoms with Gasteiger partial charge in [-0.05, 0) is 38.5 Å². The van der Waals surface area contributed by atoms with Crippen LogP contribution in [0.2, 0.25) is 0 Å². The maximum Gasteiger partial charge on any atom is 0.374 e. The summed E-state index contributed by atoms with van der Waals surface area (Å²) in [5.41, 5.74) is 0. The van der Waals surface area contributed by atoms with E-state index in [4.69, 9.17) is 4.74 Å². The molecule has 0 spiro atoms. The number of rotatable bonds is 16. The molecule has 1 aliphatic carbocycles. The van der Waals surface area contributed by atoms with Crippen LogP contribution in [0.5, 0.6) is 0 Å². The fourth-order valence-electron chi connectivity index (χ4n) is 4.22. The average molecular weight is 381 g/mol. The minimum absolute atomic E-state index is 0.242. The number of carbonyl (C=O) groups excluding carboxylic acids is 3. The highest BCUT2D eigenvalue weighted by Crippen LogP contribution is 2.36. The van der Waals surface area contributed by atoms with Crippen molar-refractivity contribution in [2.24, 2.45) is 11.8 Å². The number of esters is 1. The standard InChI is InChI=1S/C23H40O4/c1-3-5-6-7-8-9-11-14-19-17-18-21(24)20(19)15-12-10-13-16-22(25)23(26)27-4-2/h19-20H,3-18H2,1-2H3/t19-,20+/m0/s1. The number of ether oxygens (including phenoxy) is 1. The molecule has 0 unspecified atom stereocenters. The van der Waals surface area contributed by atoms with Crippen molar-refractivity contribution >= 4 is 17.5 Å². The Morgan fingerprint density at radius 1 is 0.889 bits per heavy atom. The van der Waals surface area contributed by atoms with Crippen molar-refractivity contribution in [3.63, 3.8) is 0 Å². The summed E-state index contributed by atoms with van der Waals surface area (Å²) < 4.78 is 4.71. The van der Waals surface area contributed by atoms with Crippen molar-refractivity contribution < 1.29 is 19.1 Å². The van der Waals surface area contributed by atoms with Gasteiger partial charge in [-0.3, -0.25) is 9.59 Å². The molecule has 0 saturated heterocycles. The van der Waals surface area contributed by atoms with Gasteiger partial charge < -0.3 is 4.74 Å². The van der Waals surface area contributed by atoms with Gasteiger partial charge in [0.1, 0.15) is 5.78 Å². The third-order valence-corrected chi connectivity index (χ3v) is 5.84. The number of hydrogen-bond donors (Lipinski definition) is 0. The number of carbonyl (C=O) groups is 3. The molecule has 0 aromatic rings. The lowest BCUT2D eigenvalue weighted by molar-refractivity contribution is -0.153. The highest BCUT2D eigenvalue weighted by Gasteiger charge is 2.33. The van der Waals surface area contributed by atoms with E-state index in [0.29, 0.717) is 18.1 Å². The first-order valence-electron chi connectivity index (χ1n) is 11.3. The summed E-state index contributed by atoms with van der Waals surface area (Å²) >= 11 is 0. The first-order valence-corrected chi connectivity index (χ1v) is 11.3. The molecule has 0 amide bonds. The largest absolute Gasteiger partial charge is 0.460 e. The molecule has 0 aromatic carbocycles. The Labute approximate surface area is 165 Å². The second-order valence-corrected chi connectivity index (χ2v) is 8.02. The number of unbranched alkanes of at least 4 members (excludes halogenated alkanes) is 8. The van der Waals surface area contributed by atoms with Gasteiger partial charge in [0.25, 0.3) is 0 Å². The quantitative estimate of drug-likeness (QED) is 0.193. The lowest BCUT2D eigenvalue weighted by Gasteiger charge is -2.18. The van der Waals surface area contributed by atoms with Crippen LogP contribution in [0.1, 0.15) is 110 Å². The van der Waals surface area contributed by atoms with Crippen molar-refractivity contribution in [2.45, 2.75) is 110 Å². The number of ketones is 2. The molecule has 1 fully saturated rings. The van der Waals surface area contributed by atoms with Crippen LogP contribution in [-0.4, -0.2) is 24.1 Å². The first kappa shape index (κ1) is 23.8. The van der Waals surface area contributed by atoms with Gasteiger partial charge in [-0.2, -0.15) is 0 Å². The van der Waals surface area contributed by atoms with Gasteiger partial charge in [0.15, 0.2) is 0 Å². The Kier molecular flexibility index (Phi) is 13.1. The van der Waals surface area contributed by atoms with E-state index in [2.05, 4.69) is 6.92 Å². The first-order chi connectivity index (χ1) is 13.1. The van der Waals surface area contributed by atoms with E-state index in [9.17, 15) is 14.4 Å². The molecule has 4 nitrogen and oxygen atoms in total. The van der Waals surface area contributed by atoms with Gasteiger partial charge >= 0.3 is 5.97 Å². The van der Waals surface area contributed by atoms with Crippen LogP contribution in [0.3, 0.4) is 0 Å². The Morgan fingerprint density at radius 3 is 2.22 bits per heavy atom. The van der Waals surface area contributed by atoms with Crippen molar-refractivity contribution in [1.82, 2.24) is 0 Å². The Hall–Kier alpha value is -1.19. The third-order valence-electron chi connectivity index (χ3n) is 5.84. The van der Waals surface area contributed by atoms with E-state index < -0.39 is 11.8 Å². The highest BCUT2D eigenvalue weighted by molar-refractivity contribution is 6.33. The van der Waals surface area contributed by atoms with Crippen molar-refractivity contribution in [3.8, 4) is 0 Å². The van der Waals surface area contributed by atoms with E-state index in [1.807, 2.05) is 0 Å². The van der Waals surface area contributed by atoms with Gasteiger partial charge in [-0.25, -0.2) is 4.79 Å². The fraction of sp³-hybridized carbons (Fsp3) is 0.870. The zero-order chi connectivity index (χ0) is 19.9.